The first kappa shape index (κ1) is 21.6. The maximum atomic E-state index is 12.8. The summed E-state index contributed by atoms with van der Waals surface area (Å²) >= 11 is 0. The van der Waals surface area contributed by atoms with Crippen LogP contribution in [0.4, 0.5) is 5.82 Å². The highest BCUT2D eigenvalue weighted by atomic mass is 16.5. The average Bonchev–Trinajstić information content (AvgIpc) is 3.36. The summed E-state index contributed by atoms with van der Waals surface area (Å²) in [5.41, 5.74) is 6.43. The number of methoxy groups -OCH3 is 1. The van der Waals surface area contributed by atoms with E-state index in [2.05, 4.69) is 29.6 Å². The van der Waals surface area contributed by atoms with E-state index < -0.39 is 0 Å². The number of nitrogens with one attached hydrogen (secondary N) is 1. The summed E-state index contributed by atoms with van der Waals surface area (Å²) in [6, 6.07) is 16.3. The van der Waals surface area contributed by atoms with Crippen molar-refractivity contribution in [2.45, 2.75) is 57.8 Å². The van der Waals surface area contributed by atoms with Crippen LogP contribution in [-0.2, 0) is 30.5 Å². The van der Waals surface area contributed by atoms with Gasteiger partial charge in [-0.15, -0.1) is 0 Å². The third-order valence-electron chi connectivity index (χ3n) is 6.94. The molecule has 0 atom stereocenters. The number of hydrogen-bond acceptors (Lipinski definition) is 4. The van der Waals surface area contributed by atoms with Crippen LogP contribution >= 0.6 is 0 Å². The second kappa shape index (κ2) is 9.74. The van der Waals surface area contributed by atoms with Crippen molar-refractivity contribution in [3.8, 4) is 17.0 Å². The van der Waals surface area contributed by atoms with Crippen LogP contribution in [0.3, 0.4) is 0 Å². The van der Waals surface area contributed by atoms with Gasteiger partial charge in [0.25, 0.3) is 0 Å². The van der Waals surface area contributed by atoms with Crippen LogP contribution in [0.15, 0.2) is 48.5 Å². The van der Waals surface area contributed by atoms with E-state index >= 15 is 0 Å². The Bertz CT molecular complexity index is 1140. The number of nitrogens with zero attached hydrogens (tertiary/aromatic N) is 2. The topological polar surface area (TPSA) is 64.1 Å². The average molecular weight is 442 g/mol. The molecule has 1 fully saturated rings. The fraction of sp³-hybridized carbons (Fsp3) is 0.393. The third kappa shape index (κ3) is 4.92. The largest absolute Gasteiger partial charge is 0.497 e. The number of aromatic nitrogens is 2. The first-order chi connectivity index (χ1) is 16.2. The lowest BCUT2D eigenvalue weighted by Crippen LogP contribution is -2.19. The molecule has 0 radical (unpaired) electrons. The van der Waals surface area contributed by atoms with Crippen molar-refractivity contribution in [2.75, 3.05) is 12.4 Å². The van der Waals surface area contributed by atoms with Gasteiger partial charge in [-0.1, -0.05) is 56.0 Å². The predicted molar refractivity (Wildman–Crippen MR) is 130 cm³/mol. The monoisotopic (exact) mass is 441 g/mol. The number of fused-ring (bicyclic) bond motifs is 3. The van der Waals surface area contributed by atoms with Crippen LogP contribution in [0.1, 0.15) is 54.6 Å². The van der Waals surface area contributed by atoms with Crippen LogP contribution in [-0.4, -0.2) is 23.0 Å². The lowest BCUT2D eigenvalue weighted by molar-refractivity contribution is -0.116. The van der Waals surface area contributed by atoms with E-state index in [1.54, 1.807) is 7.11 Å². The Morgan fingerprint density at radius 2 is 1.88 bits per heavy atom. The number of ether oxygens (including phenoxy) is 1. The summed E-state index contributed by atoms with van der Waals surface area (Å²) in [6.45, 7) is 0. The zero-order valence-corrected chi connectivity index (χ0v) is 19.3. The number of aryl methyl sites for hydroxylation is 3. The number of anilines is 1. The van der Waals surface area contributed by atoms with Gasteiger partial charge in [-0.3, -0.25) is 4.79 Å². The van der Waals surface area contributed by atoms with Crippen molar-refractivity contribution in [1.82, 2.24) is 9.97 Å². The zero-order chi connectivity index (χ0) is 22.6. The molecule has 5 nitrogen and oxygen atoms in total. The van der Waals surface area contributed by atoms with Gasteiger partial charge < -0.3 is 10.1 Å². The Morgan fingerprint density at radius 1 is 1.06 bits per heavy atom. The van der Waals surface area contributed by atoms with E-state index in [0.29, 0.717) is 18.2 Å². The fourth-order valence-electron chi connectivity index (χ4n) is 5.11. The SMILES string of the molecule is COc1ccc2c(c1)CCc1nc(NC(=O)CCc3ccccc3)c(CC3CCCC3)nc1-2. The molecule has 1 aromatic heterocycles. The molecule has 1 N–H and O–H groups in total. The van der Waals surface area contributed by atoms with Crippen LogP contribution in [0, 0.1) is 5.92 Å². The summed E-state index contributed by atoms with van der Waals surface area (Å²) < 4.78 is 5.41. The molecule has 170 valence electrons. The number of amides is 1. The number of benzene rings is 2. The van der Waals surface area contributed by atoms with Crippen molar-refractivity contribution < 1.29 is 9.53 Å². The molecule has 1 saturated carbocycles. The number of carbonyl (C=O) groups excluding carboxylic acids is 1. The van der Waals surface area contributed by atoms with Crippen LogP contribution in [0.5, 0.6) is 5.75 Å². The van der Waals surface area contributed by atoms with Crippen LogP contribution in [0.25, 0.3) is 11.3 Å². The Kier molecular flexibility index (Phi) is 6.38. The van der Waals surface area contributed by atoms with Gasteiger partial charge in [-0.2, -0.15) is 0 Å². The molecular weight excluding hydrogens is 410 g/mol. The second-order valence-electron chi connectivity index (χ2n) is 9.23. The fourth-order valence-corrected chi connectivity index (χ4v) is 5.11. The Hall–Kier alpha value is -3.21. The molecule has 2 aliphatic carbocycles. The Morgan fingerprint density at radius 3 is 2.67 bits per heavy atom. The van der Waals surface area contributed by atoms with Gasteiger partial charge in [-0.25, -0.2) is 9.97 Å². The molecule has 0 aliphatic heterocycles. The first-order valence-corrected chi connectivity index (χ1v) is 12.1. The smallest absolute Gasteiger partial charge is 0.225 e. The Labute approximate surface area is 195 Å². The molecular formula is C28H31N3O2. The van der Waals surface area contributed by atoms with Crippen molar-refractivity contribution in [3.05, 3.63) is 71.0 Å². The highest BCUT2D eigenvalue weighted by Gasteiger charge is 2.25. The standard InChI is InChI=1S/C28H31N3O2/c1-33-22-13-14-23-21(18-22)12-15-24-27(23)29-25(17-20-9-5-6-10-20)28(30-24)31-26(32)16-11-19-7-3-2-4-8-19/h2-4,7-8,13-14,18,20H,5-6,9-12,15-17H2,1H3,(H,30,31,32). The highest BCUT2D eigenvalue weighted by molar-refractivity contribution is 5.90. The summed E-state index contributed by atoms with van der Waals surface area (Å²) in [5, 5.41) is 3.11. The van der Waals surface area contributed by atoms with Gasteiger partial charge >= 0.3 is 0 Å². The molecule has 0 unspecified atom stereocenters. The molecule has 0 bridgehead atoms. The summed E-state index contributed by atoms with van der Waals surface area (Å²) in [5.74, 6) is 2.16. The lowest BCUT2D eigenvalue weighted by atomic mass is 9.91. The predicted octanol–water partition coefficient (Wildman–Crippen LogP) is 5.55. The zero-order valence-electron chi connectivity index (χ0n) is 19.3. The maximum Gasteiger partial charge on any atom is 0.225 e. The molecule has 2 aliphatic rings. The summed E-state index contributed by atoms with van der Waals surface area (Å²) in [7, 11) is 1.70. The van der Waals surface area contributed by atoms with E-state index in [0.717, 1.165) is 54.1 Å². The van der Waals surface area contributed by atoms with Gasteiger partial charge in [0.05, 0.1) is 24.2 Å². The van der Waals surface area contributed by atoms with Crippen molar-refractivity contribution >= 4 is 11.7 Å². The van der Waals surface area contributed by atoms with Gasteiger partial charge in [0, 0.05) is 12.0 Å². The second-order valence-corrected chi connectivity index (χ2v) is 9.23. The van der Waals surface area contributed by atoms with Gasteiger partial charge in [0.15, 0.2) is 5.82 Å². The van der Waals surface area contributed by atoms with Gasteiger partial charge in [-0.05, 0) is 60.9 Å². The summed E-state index contributed by atoms with van der Waals surface area (Å²) in [6.07, 6.45) is 8.78. The number of hydrogen-bond donors (Lipinski definition) is 1. The van der Waals surface area contributed by atoms with E-state index in [-0.39, 0.29) is 5.91 Å². The van der Waals surface area contributed by atoms with E-state index in [9.17, 15) is 4.79 Å². The van der Waals surface area contributed by atoms with E-state index in [4.69, 9.17) is 14.7 Å². The van der Waals surface area contributed by atoms with Crippen LogP contribution < -0.4 is 10.1 Å². The highest BCUT2D eigenvalue weighted by Crippen LogP contribution is 2.36. The maximum absolute atomic E-state index is 12.8. The van der Waals surface area contributed by atoms with Crippen molar-refractivity contribution in [2.24, 2.45) is 5.92 Å². The molecule has 0 saturated heterocycles. The van der Waals surface area contributed by atoms with E-state index in [1.807, 2.05) is 24.3 Å². The molecule has 0 spiro atoms. The van der Waals surface area contributed by atoms with Crippen LogP contribution in [0.2, 0.25) is 0 Å². The van der Waals surface area contributed by atoms with Crippen molar-refractivity contribution in [1.29, 1.82) is 0 Å². The normalized spacial score (nSPS) is 15.1. The van der Waals surface area contributed by atoms with Gasteiger partial charge in [0.1, 0.15) is 5.75 Å². The molecule has 1 amide bonds. The quantitative estimate of drug-likeness (QED) is 0.522. The molecule has 5 heteroatoms. The minimum absolute atomic E-state index is 0.00159. The van der Waals surface area contributed by atoms with Crippen molar-refractivity contribution in [3.63, 3.8) is 0 Å². The number of rotatable bonds is 7. The molecule has 33 heavy (non-hydrogen) atoms. The number of carbonyl (C=O) groups is 1. The third-order valence-corrected chi connectivity index (χ3v) is 6.94. The first-order valence-electron chi connectivity index (χ1n) is 12.1. The minimum atomic E-state index is 0.00159. The van der Waals surface area contributed by atoms with Gasteiger partial charge in [0.2, 0.25) is 5.91 Å². The molecule has 5 rings (SSSR count). The minimum Gasteiger partial charge on any atom is -0.497 e. The Balaban J connectivity index is 1.42. The molecule has 1 heterocycles. The van der Waals surface area contributed by atoms with E-state index in [1.165, 1.54) is 36.8 Å². The lowest BCUT2D eigenvalue weighted by Gasteiger charge is -2.22. The molecule has 3 aromatic rings. The molecule has 2 aromatic carbocycles. The summed E-state index contributed by atoms with van der Waals surface area (Å²) in [4.78, 5) is 22.9.